The van der Waals surface area contributed by atoms with Gasteiger partial charge in [-0.1, -0.05) is 15.9 Å². The fraction of sp³-hybridized carbons (Fsp3) is 0.357. The third kappa shape index (κ3) is 4.98. The van der Waals surface area contributed by atoms with Gasteiger partial charge in [-0.3, -0.25) is 4.57 Å². The van der Waals surface area contributed by atoms with E-state index in [4.69, 9.17) is 14.5 Å². The molecule has 0 atom stereocenters. The summed E-state index contributed by atoms with van der Waals surface area (Å²) in [5.41, 5.74) is -5.22. The number of nitrogens with zero attached hydrogens (tertiary/aromatic N) is 1. The highest BCUT2D eigenvalue weighted by atomic mass is 79.9. The van der Waals surface area contributed by atoms with Gasteiger partial charge in [-0.25, -0.2) is 13.4 Å². The van der Waals surface area contributed by atoms with Gasteiger partial charge in [0, 0.05) is 33.9 Å². The molecule has 0 aliphatic rings. The van der Waals surface area contributed by atoms with Crippen LogP contribution >= 0.6 is 23.5 Å². The zero-order chi connectivity index (χ0) is 19.8. The van der Waals surface area contributed by atoms with Gasteiger partial charge in [-0.05, 0) is 23.9 Å². The summed E-state index contributed by atoms with van der Waals surface area (Å²) in [5.74, 6) is 0.0189. The molecule has 0 radical (unpaired) electrons. The van der Waals surface area contributed by atoms with Gasteiger partial charge in [0.25, 0.3) is 0 Å². The lowest BCUT2D eigenvalue weighted by Gasteiger charge is -2.20. The molecule has 1 aromatic carbocycles. The average Bonchev–Trinajstić information content (AvgIpc) is 2.49. The molecule has 2 rings (SSSR count). The Hall–Kier alpha value is -1.13. The summed E-state index contributed by atoms with van der Waals surface area (Å²) in [6, 6.07) is 3.56. The van der Waals surface area contributed by atoms with Crippen molar-refractivity contribution >= 4 is 44.1 Å². The van der Waals surface area contributed by atoms with Gasteiger partial charge < -0.3 is 14.5 Å². The number of benzene rings is 1. The molecular weight excluding hydrogens is 459 g/mol. The normalized spacial score (nSPS) is 13.2. The molecule has 144 valence electrons. The third-order valence-corrected chi connectivity index (χ3v) is 6.04. The number of aromatic nitrogens is 1. The Labute approximate surface area is 156 Å². The molecule has 2 N–H and O–H groups in total. The van der Waals surface area contributed by atoms with Crippen molar-refractivity contribution in [2.24, 2.45) is 0 Å². The maximum Gasteiger partial charge on any atom is 0.399 e. The van der Waals surface area contributed by atoms with Crippen LogP contribution in [0.4, 0.5) is 8.78 Å². The highest BCUT2D eigenvalue weighted by Gasteiger charge is 2.51. The number of hydrogen-bond donors (Lipinski definition) is 2. The van der Waals surface area contributed by atoms with Crippen LogP contribution in [0.2, 0.25) is 0 Å². The first-order chi connectivity index (χ1) is 11.8. The van der Waals surface area contributed by atoms with Crippen molar-refractivity contribution in [2.45, 2.75) is 12.1 Å². The van der Waals surface area contributed by atoms with E-state index in [0.717, 1.165) is 12.3 Å². The Morgan fingerprint density at radius 3 is 2.50 bits per heavy atom. The molecule has 0 aliphatic heterocycles. The summed E-state index contributed by atoms with van der Waals surface area (Å²) in [6.45, 7) is 0.0631. The number of halogens is 3. The highest BCUT2D eigenvalue weighted by molar-refractivity contribution is 9.10. The Morgan fingerprint density at radius 2 is 1.92 bits per heavy atom. The van der Waals surface area contributed by atoms with E-state index in [9.17, 15) is 21.8 Å². The van der Waals surface area contributed by atoms with E-state index in [1.807, 2.05) is 0 Å². The second kappa shape index (κ2) is 7.47. The molecule has 0 spiro atoms. The monoisotopic (exact) mass is 473 g/mol. The second-order valence-electron chi connectivity index (χ2n) is 5.62. The summed E-state index contributed by atoms with van der Waals surface area (Å²) < 4.78 is 66.4. The summed E-state index contributed by atoms with van der Waals surface area (Å²) in [6.07, 6.45) is 2.69. The molecule has 26 heavy (non-hydrogen) atoms. The largest absolute Gasteiger partial charge is 0.478 e. The van der Waals surface area contributed by atoms with Gasteiger partial charge in [0.05, 0.1) is 12.4 Å². The van der Waals surface area contributed by atoms with Crippen molar-refractivity contribution in [3.63, 3.8) is 0 Å². The molecule has 2 aromatic rings. The number of fused-ring (bicyclic) bond motifs is 1. The predicted molar refractivity (Wildman–Crippen MR) is 95.2 cm³/mol. The van der Waals surface area contributed by atoms with Crippen LogP contribution < -0.4 is 4.74 Å². The lowest BCUT2D eigenvalue weighted by Crippen LogP contribution is -2.14. The quantitative estimate of drug-likeness (QED) is 0.469. The molecule has 0 fully saturated rings. The Balaban J connectivity index is 2.31. The fourth-order valence-electron chi connectivity index (χ4n) is 2.11. The Morgan fingerprint density at radius 1 is 1.27 bits per heavy atom. The number of hydrogen-bond acceptors (Lipinski definition) is 5. The van der Waals surface area contributed by atoms with E-state index >= 15 is 0 Å². The Kier molecular flexibility index (Phi) is 6.09. The van der Waals surface area contributed by atoms with Crippen LogP contribution in [0.1, 0.15) is 12.0 Å². The van der Waals surface area contributed by atoms with Gasteiger partial charge in [-0.2, -0.15) is 8.78 Å². The second-order valence-corrected chi connectivity index (χ2v) is 10.4. The van der Waals surface area contributed by atoms with Gasteiger partial charge >= 0.3 is 13.3 Å². The van der Waals surface area contributed by atoms with Gasteiger partial charge in [0.15, 0.2) is 0 Å². The molecule has 0 amide bonds. The lowest BCUT2D eigenvalue weighted by atomic mass is 10.1. The third-order valence-electron chi connectivity index (χ3n) is 3.38. The first-order valence-electron chi connectivity index (χ1n) is 7.15. The molecule has 1 aromatic heterocycles. The van der Waals surface area contributed by atoms with Crippen molar-refractivity contribution < 1.29 is 36.3 Å². The zero-order valence-corrected chi connectivity index (χ0v) is 16.7. The molecule has 12 heteroatoms. The average molecular weight is 474 g/mol. The molecule has 1 heterocycles. The van der Waals surface area contributed by atoms with E-state index in [0.29, 0.717) is 5.39 Å². The van der Waals surface area contributed by atoms with Crippen molar-refractivity contribution in [2.75, 3.05) is 18.6 Å². The number of ether oxygens (including phenoxy) is 1. The van der Waals surface area contributed by atoms with Crippen LogP contribution in [-0.4, -0.2) is 41.8 Å². The van der Waals surface area contributed by atoms with Crippen LogP contribution in [0.3, 0.4) is 0 Å². The lowest BCUT2D eigenvalue weighted by molar-refractivity contribution is 0.0558. The minimum Gasteiger partial charge on any atom is -0.478 e. The summed E-state index contributed by atoms with van der Waals surface area (Å²) in [5, 5.41) is 0.690. The van der Waals surface area contributed by atoms with Crippen molar-refractivity contribution in [3.05, 3.63) is 34.4 Å². The van der Waals surface area contributed by atoms with E-state index < -0.39 is 28.7 Å². The minimum atomic E-state index is -5.71. The maximum atomic E-state index is 14.0. The van der Waals surface area contributed by atoms with Crippen molar-refractivity contribution in [3.8, 4) is 5.88 Å². The molecule has 0 aliphatic carbocycles. The summed E-state index contributed by atoms with van der Waals surface area (Å²) in [4.78, 5) is 21.8. The number of rotatable bonds is 7. The molecule has 7 nitrogen and oxygen atoms in total. The smallest absolute Gasteiger partial charge is 0.399 e. The van der Waals surface area contributed by atoms with Crippen LogP contribution in [-0.2, 0) is 20.1 Å². The highest BCUT2D eigenvalue weighted by Crippen LogP contribution is 2.60. The first-order valence-corrected chi connectivity index (χ1v) is 11.6. The molecule has 0 saturated carbocycles. The van der Waals surface area contributed by atoms with Crippen LogP contribution in [0.25, 0.3) is 10.8 Å². The summed E-state index contributed by atoms with van der Waals surface area (Å²) in [7, 11) is -8.83. The van der Waals surface area contributed by atoms with Gasteiger partial charge in [0.2, 0.25) is 5.88 Å². The van der Waals surface area contributed by atoms with Crippen LogP contribution in [0.15, 0.2) is 28.9 Å². The minimum absolute atomic E-state index is 0.0631. The predicted octanol–water partition coefficient (Wildman–Crippen LogP) is 3.04. The maximum absolute atomic E-state index is 14.0. The number of pyridine rings is 1. The van der Waals surface area contributed by atoms with Crippen molar-refractivity contribution in [1.29, 1.82) is 0 Å². The van der Waals surface area contributed by atoms with E-state index in [1.54, 1.807) is 0 Å². The standard InChI is InChI=1S/C14H15BrF2NO6PS/c1-26(22,23)4-2-3-24-13-7-9-5-11(14(16,17)25(19,20)21)12(15)6-10(9)8-18-13/h5-8H,2-4H2,1H3,(H2,19,20,21). The molecule has 0 bridgehead atoms. The molecule has 0 saturated heterocycles. The number of sulfone groups is 1. The first kappa shape index (κ1) is 21.2. The van der Waals surface area contributed by atoms with Crippen LogP contribution in [0.5, 0.6) is 5.88 Å². The Bertz CT molecular complexity index is 979. The fourth-order valence-corrected chi connectivity index (χ4v) is 4.01. The van der Waals surface area contributed by atoms with E-state index in [2.05, 4.69) is 20.9 Å². The molecular formula is C14H15BrF2NO6PS. The zero-order valence-electron chi connectivity index (χ0n) is 13.4. The van der Waals surface area contributed by atoms with Crippen LogP contribution in [0, 0.1) is 0 Å². The van der Waals surface area contributed by atoms with E-state index in [1.165, 1.54) is 18.3 Å². The van der Waals surface area contributed by atoms with E-state index in [-0.39, 0.29) is 34.5 Å². The topological polar surface area (TPSA) is 114 Å². The SMILES string of the molecule is CS(=O)(=O)CCCOc1cc2cc(C(F)(F)P(=O)(O)O)c(Br)cc2cn1. The molecule has 0 unspecified atom stereocenters. The number of alkyl halides is 2. The van der Waals surface area contributed by atoms with Gasteiger partial charge in [0.1, 0.15) is 9.84 Å². The van der Waals surface area contributed by atoms with Crippen molar-refractivity contribution in [1.82, 2.24) is 4.98 Å². The summed E-state index contributed by atoms with van der Waals surface area (Å²) >= 11 is 2.89. The van der Waals surface area contributed by atoms with Gasteiger partial charge in [-0.15, -0.1) is 0 Å².